The van der Waals surface area contributed by atoms with Crippen molar-refractivity contribution in [3.05, 3.63) is 65.5 Å². The van der Waals surface area contributed by atoms with Gasteiger partial charge in [0.2, 0.25) is 5.91 Å². The lowest BCUT2D eigenvalue weighted by atomic mass is 10.1. The number of morpholine rings is 1. The van der Waals surface area contributed by atoms with Gasteiger partial charge in [0, 0.05) is 26.2 Å². The molecule has 1 N–H and O–H groups in total. The zero-order chi connectivity index (χ0) is 20.9. The summed E-state index contributed by atoms with van der Waals surface area (Å²) in [6, 6.07) is 12.3. The molecular formula is C21H25FN2O4S. The predicted molar refractivity (Wildman–Crippen MR) is 107 cm³/mol. The summed E-state index contributed by atoms with van der Waals surface area (Å²) in [7, 11) is -3.89. The lowest BCUT2D eigenvalue weighted by Gasteiger charge is -2.27. The second-order valence-corrected chi connectivity index (χ2v) is 9.28. The van der Waals surface area contributed by atoms with Crippen LogP contribution in [0.3, 0.4) is 0 Å². The molecule has 1 aliphatic rings. The van der Waals surface area contributed by atoms with E-state index in [-0.39, 0.29) is 11.4 Å². The average molecular weight is 421 g/mol. The van der Waals surface area contributed by atoms with Gasteiger partial charge in [-0.15, -0.1) is 0 Å². The molecule has 1 fully saturated rings. The molecule has 2 aromatic carbocycles. The molecule has 3 rings (SSSR count). The molecule has 6 nitrogen and oxygen atoms in total. The summed E-state index contributed by atoms with van der Waals surface area (Å²) in [5.74, 6) is -1.12. The topological polar surface area (TPSA) is 75.7 Å². The highest BCUT2D eigenvalue weighted by Crippen LogP contribution is 2.18. The SMILES string of the molecule is CC(C(=O)NCc1ccccc1CN1CCOCC1)S(=O)(=O)c1ccc(F)cc1. The van der Waals surface area contributed by atoms with Crippen molar-refractivity contribution in [3.63, 3.8) is 0 Å². The number of sulfone groups is 1. The normalized spacial score (nSPS) is 16.3. The van der Waals surface area contributed by atoms with Crippen molar-refractivity contribution < 1.29 is 22.3 Å². The Morgan fingerprint density at radius 2 is 1.72 bits per heavy atom. The molecule has 1 saturated heterocycles. The standard InChI is InChI=1S/C21H25FN2O4S/c1-16(29(26,27)20-8-6-19(22)7-9-20)21(25)23-14-17-4-2-3-5-18(17)15-24-10-12-28-13-11-24/h2-9,16H,10-15H2,1H3,(H,23,25). The van der Waals surface area contributed by atoms with Crippen LogP contribution in [0.4, 0.5) is 4.39 Å². The van der Waals surface area contributed by atoms with Gasteiger partial charge < -0.3 is 10.1 Å². The van der Waals surface area contributed by atoms with Crippen LogP contribution in [-0.4, -0.2) is 50.8 Å². The fourth-order valence-corrected chi connectivity index (χ4v) is 4.47. The number of rotatable bonds is 7. The Morgan fingerprint density at radius 3 is 2.38 bits per heavy atom. The van der Waals surface area contributed by atoms with E-state index in [9.17, 15) is 17.6 Å². The van der Waals surface area contributed by atoms with Gasteiger partial charge in [0.25, 0.3) is 0 Å². The Morgan fingerprint density at radius 1 is 1.10 bits per heavy atom. The van der Waals surface area contributed by atoms with Crippen LogP contribution in [0.15, 0.2) is 53.4 Å². The molecule has 1 unspecified atom stereocenters. The number of nitrogens with one attached hydrogen (secondary N) is 1. The molecular weight excluding hydrogens is 395 g/mol. The van der Waals surface area contributed by atoms with Gasteiger partial charge >= 0.3 is 0 Å². The number of hydrogen-bond donors (Lipinski definition) is 1. The maximum absolute atomic E-state index is 13.1. The van der Waals surface area contributed by atoms with Crippen LogP contribution in [0.1, 0.15) is 18.1 Å². The van der Waals surface area contributed by atoms with Gasteiger partial charge in [-0.25, -0.2) is 12.8 Å². The molecule has 2 aromatic rings. The number of benzene rings is 2. The fourth-order valence-electron chi connectivity index (χ4n) is 3.18. The molecule has 1 aliphatic heterocycles. The van der Waals surface area contributed by atoms with Crippen molar-refractivity contribution in [1.82, 2.24) is 10.2 Å². The maximum Gasteiger partial charge on any atom is 0.238 e. The lowest BCUT2D eigenvalue weighted by molar-refractivity contribution is -0.120. The molecule has 156 valence electrons. The van der Waals surface area contributed by atoms with Crippen molar-refractivity contribution >= 4 is 15.7 Å². The van der Waals surface area contributed by atoms with Gasteiger partial charge in [-0.05, 0) is 42.3 Å². The van der Waals surface area contributed by atoms with Gasteiger partial charge in [-0.3, -0.25) is 9.69 Å². The number of carbonyl (C=O) groups is 1. The van der Waals surface area contributed by atoms with E-state index in [0.29, 0.717) is 13.2 Å². The molecule has 0 saturated carbocycles. The smallest absolute Gasteiger partial charge is 0.238 e. The summed E-state index contributed by atoms with van der Waals surface area (Å²) in [5.41, 5.74) is 2.03. The van der Waals surface area contributed by atoms with Gasteiger partial charge in [0.05, 0.1) is 18.1 Å². The Kier molecular flexibility index (Phi) is 7.00. The average Bonchev–Trinajstić information content (AvgIpc) is 2.73. The first kappa shape index (κ1) is 21.4. The van der Waals surface area contributed by atoms with Crippen LogP contribution >= 0.6 is 0 Å². The van der Waals surface area contributed by atoms with E-state index in [1.165, 1.54) is 19.1 Å². The zero-order valence-electron chi connectivity index (χ0n) is 16.3. The largest absolute Gasteiger partial charge is 0.379 e. The summed E-state index contributed by atoms with van der Waals surface area (Å²) >= 11 is 0. The quantitative estimate of drug-likeness (QED) is 0.695. The Labute approximate surface area is 170 Å². The molecule has 29 heavy (non-hydrogen) atoms. The highest BCUT2D eigenvalue weighted by molar-refractivity contribution is 7.92. The Bertz CT molecular complexity index is 941. The first-order chi connectivity index (χ1) is 13.9. The number of carbonyl (C=O) groups excluding carboxylic acids is 1. The number of halogens is 1. The first-order valence-corrected chi connectivity index (χ1v) is 11.1. The van der Waals surface area contributed by atoms with Crippen LogP contribution in [0.5, 0.6) is 0 Å². The van der Waals surface area contributed by atoms with Gasteiger partial charge in [-0.2, -0.15) is 0 Å². The summed E-state index contributed by atoms with van der Waals surface area (Å²) in [6.07, 6.45) is 0. The van der Waals surface area contributed by atoms with Crippen LogP contribution in [0.2, 0.25) is 0 Å². The van der Waals surface area contributed by atoms with E-state index in [4.69, 9.17) is 4.74 Å². The van der Waals surface area contributed by atoms with Gasteiger partial charge in [-0.1, -0.05) is 24.3 Å². The van der Waals surface area contributed by atoms with Crippen molar-refractivity contribution in [2.75, 3.05) is 26.3 Å². The highest BCUT2D eigenvalue weighted by Gasteiger charge is 2.29. The molecule has 0 radical (unpaired) electrons. The second-order valence-electron chi connectivity index (χ2n) is 7.02. The highest BCUT2D eigenvalue weighted by atomic mass is 32.2. The molecule has 1 heterocycles. The summed E-state index contributed by atoms with van der Waals surface area (Å²) in [6.45, 7) is 5.45. The summed E-state index contributed by atoms with van der Waals surface area (Å²) in [5, 5.41) is 1.45. The van der Waals surface area contributed by atoms with Crippen molar-refractivity contribution in [2.24, 2.45) is 0 Å². The predicted octanol–water partition coefficient (Wildman–Crippen LogP) is 2.14. The van der Waals surface area contributed by atoms with E-state index in [0.717, 1.165) is 42.9 Å². The molecule has 0 aromatic heterocycles. The lowest BCUT2D eigenvalue weighted by Crippen LogP contribution is -2.38. The maximum atomic E-state index is 13.1. The monoisotopic (exact) mass is 420 g/mol. The number of hydrogen-bond acceptors (Lipinski definition) is 5. The molecule has 1 amide bonds. The van der Waals surface area contributed by atoms with Crippen molar-refractivity contribution in [2.45, 2.75) is 30.2 Å². The van der Waals surface area contributed by atoms with E-state index >= 15 is 0 Å². The van der Waals surface area contributed by atoms with Gasteiger partial charge in [0.15, 0.2) is 9.84 Å². The Balaban J connectivity index is 1.65. The van der Waals surface area contributed by atoms with Crippen LogP contribution < -0.4 is 5.32 Å². The minimum Gasteiger partial charge on any atom is -0.379 e. The van der Waals surface area contributed by atoms with Crippen LogP contribution in [0.25, 0.3) is 0 Å². The van der Waals surface area contributed by atoms with E-state index in [1.807, 2.05) is 24.3 Å². The molecule has 8 heteroatoms. The zero-order valence-corrected chi connectivity index (χ0v) is 17.1. The van der Waals surface area contributed by atoms with Crippen molar-refractivity contribution in [3.8, 4) is 0 Å². The minimum atomic E-state index is -3.89. The molecule has 0 bridgehead atoms. The third-order valence-electron chi connectivity index (χ3n) is 5.05. The molecule has 0 aliphatic carbocycles. The molecule has 0 spiro atoms. The fraction of sp³-hybridized carbons (Fsp3) is 0.381. The van der Waals surface area contributed by atoms with Crippen LogP contribution in [0, 0.1) is 5.82 Å². The summed E-state index contributed by atoms with van der Waals surface area (Å²) < 4.78 is 43.7. The van der Waals surface area contributed by atoms with E-state index in [2.05, 4.69) is 10.2 Å². The number of nitrogens with zero attached hydrogens (tertiary/aromatic N) is 1. The number of amides is 1. The third-order valence-corrected chi connectivity index (χ3v) is 7.12. The number of ether oxygens (including phenoxy) is 1. The molecule has 1 atom stereocenters. The van der Waals surface area contributed by atoms with Gasteiger partial charge in [0.1, 0.15) is 11.1 Å². The van der Waals surface area contributed by atoms with Crippen LogP contribution in [-0.2, 0) is 32.5 Å². The second kappa shape index (κ2) is 9.47. The Hall–Kier alpha value is -2.29. The summed E-state index contributed by atoms with van der Waals surface area (Å²) in [4.78, 5) is 14.7. The van der Waals surface area contributed by atoms with E-state index in [1.54, 1.807) is 0 Å². The third kappa shape index (κ3) is 5.41. The van der Waals surface area contributed by atoms with Crippen molar-refractivity contribution in [1.29, 1.82) is 0 Å². The minimum absolute atomic E-state index is 0.0748. The van der Waals surface area contributed by atoms with E-state index < -0.39 is 26.8 Å². The first-order valence-electron chi connectivity index (χ1n) is 9.52.